The normalized spacial score (nSPS) is 17.9. The van der Waals surface area contributed by atoms with Crippen LogP contribution in [0.15, 0.2) is 6.07 Å². The standard InChI is InChI=1S/C11H15Cl2N3/c1-2-11(4-3-5-11)16-10-8(13)6-7(12)9(14)15-10/h6H,2-5H2,1H3,(H3,14,15,16). The Labute approximate surface area is 105 Å². The van der Waals surface area contributed by atoms with Crippen LogP contribution in [0.1, 0.15) is 32.6 Å². The van der Waals surface area contributed by atoms with Gasteiger partial charge in [-0.2, -0.15) is 0 Å². The zero-order valence-corrected chi connectivity index (χ0v) is 10.7. The molecule has 3 N–H and O–H groups in total. The molecular formula is C11H15Cl2N3. The maximum atomic E-state index is 6.08. The van der Waals surface area contributed by atoms with Crippen molar-refractivity contribution in [2.24, 2.45) is 0 Å². The van der Waals surface area contributed by atoms with Crippen LogP contribution in [0, 0.1) is 0 Å². The van der Waals surface area contributed by atoms with Gasteiger partial charge >= 0.3 is 0 Å². The third-order valence-corrected chi connectivity index (χ3v) is 3.92. The summed E-state index contributed by atoms with van der Waals surface area (Å²) in [6.07, 6.45) is 4.63. The average molecular weight is 260 g/mol. The van der Waals surface area contributed by atoms with Gasteiger partial charge in [0, 0.05) is 5.54 Å². The molecule has 1 aliphatic carbocycles. The summed E-state index contributed by atoms with van der Waals surface area (Å²) in [5.41, 5.74) is 5.82. The summed E-state index contributed by atoms with van der Waals surface area (Å²) in [6.45, 7) is 2.17. The molecule has 0 spiro atoms. The molecule has 16 heavy (non-hydrogen) atoms. The molecule has 1 fully saturated rings. The minimum Gasteiger partial charge on any atom is -0.382 e. The highest BCUT2D eigenvalue weighted by Crippen LogP contribution is 2.39. The number of aromatic nitrogens is 1. The first-order valence-electron chi connectivity index (χ1n) is 5.46. The van der Waals surface area contributed by atoms with Crippen molar-refractivity contribution >= 4 is 34.8 Å². The molecule has 1 saturated carbocycles. The van der Waals surface area contributed by atoms with Gasteiger partial charge in [0.25, 0.3) is 0 Å². The first-order chi connectivity index (χ1) is 7.56. The number of nitrogens with zero attached hydrogens (tertiary/aromatic N) is 1. The van der Waals surface area contributed by atoms with Crippen LogP contribution in [-0.4, -0.2) is 10.5 Å². The molecule has 1 heterocycles. The van der Waals surface area contributed by atoms with E-state index in [0.29, 0.717) is 21.7 Å². The van der Waals surface area contributed by atoms with Gasteiger partial charge < -0.3 is 11.1 Å². The molecule has 5 heteroatoms. The number of halogens is 2. The van der Waals surface area contributed by atoms with E-state index in [0.717, 1.165) is 19.3 Å². The molecule has 0 amide bonds. The lowest BCUT2D eigenvalue weighted by molar-refractivity contribution is 0.269. The van der Waals surface area contributed by atoms with E-state index in [1.54, 1.807) is 6.07 Å². The number of hydrogen-bond donors (Lipinski definition) is 2. The first kappa shape index (κ1) is 11.8. The lowest BCUT2D eigenvalue weighted by Gasteiger charge is -2.42. The van der Waals surface area contributed by atoms with Crippen LogP contribution in [-0.2, 0) is 0 Å². The molecule has 1 aromatic heterocycles. The SMILES string of the molecule is CCC1(Nc2nc(N)c(Cl)cc2Cl)CCC1. The Balaban J connectivity index is 2.24. The fraction of sp³-hybridized carbons (Fsp3) is 0.545. The first-order valence-corrected chi connectivity index (χ1v) is 6.21. The van der Waals surface area contributed by atoms with Crippen LogP contribution in [0.3, 0.4) is 0 Å². The zero-order valence-electron chi connectivity index (χ0n) is 9.19. The van der Waals surface area contributed by atoms with Crippen molar-refractivity contribution < 1.29 is 0 Å². The zero-order chi connectivity index (χ0) is 11.8. The number of nitrogen functional groups attached to an aromatic ring is 1. The van der Waals surface area contributed by atoms with E-state index in [1.807, 2.05) is 0 Å². The minimum absolute atomic E-state index is 0.150. The third-order valence-electron chi connectivity index (χ3n) is 3.33. The molecule has 3 nitrogen and oxygen atoms in total. The second-order valence-electron chi connectivity index (χ2n) is 4.30. The molecule has 0 aromatic carbocycles. The molecule has 0 saturated heterocycles. The summed E-state index contributed by atoms with van der Waals surface area (Å²) in [7, 11) is 0. The van der Waals surface area contributed by atoms with Crippen LogP contribution in [0.4, 0.5) is 11.6 Å². The maximum Gasteiger partial charge on any atom is 0.147 e. The van der Waals surface area contributed by atoms with Gasteiger partial charge in [-0.3, -0.25) is 0 Å². The van der Waals surface area contributed by atoms with Crippen molar-refractivity contribution in [3.8, 4) is 0 Å². The molecule has 0 aliphatic heterocycles. The minimum atomic E-state index is 0.150. The number of nitrogens with one attached hydrogen (secondary N) is 1. The lowest BCUT2D eigenvalue weighted by atomic mass is 9.75. The Kier molecular flexibility index (Phi) is 3.17. The second-order valence-corrected chi connectivity index (χ2v) is 5.11. The van der Waals surface area contributed by atoms with Gasteiger partial charge in [-0.05, 0) is 31.7 Å². The lowest BCUT2D eigenvalue weighted by Crippen LogP contribution is -2.44. The Bertz CT molecular complexity index is 397. The number of hydrogen-bond acceptors (Lipinski definition) is 3. The summed E-state index contributed by atoms with van der Waals surface area (Å²) in [5.74, 6) is 0.962. The van der Waals surface area contributed by atoms with Crippen molar-refractivity contribution in [2.45, 2.75) is 38.1 Å². The monoisotopic (exact) mass is 259 g/mol. The highest BCUT2D eigenvalue weighted by atomic mass is 35.5. The number of pyridine rings is 1. The van der Waals surface area contributed by atoms with E-state index in [4.69, 9.17) is 28.9 Å². The van der Waals surface area contributed by atoms with Gasteiger partial charge in [0.2, 0.25) is 0 Å². The maximum absolute atomic E-state index is 6.08. The van der Waals surface area contributed by atoms with Gasteiger partial charge in [-0.15, -0.1) is 0 Å². The fourth-order valence-corrected chi connectivity index (χ4v) is 2.40. The van der Waals surface area contributed by atoms with Crippen molar-refractivity contribution in [1.82, 2.24) is 4.98 Å². The highest BCUT2D eigenvalue weighted by Gasteiger charge is 2.35. The topological polar surface area (TPSA) is 50.9 Å². The predicted octanol–water partition coefficient (Wildman–Crippen LogP) is 3.72. The number of anilines is 2. The predicted molar refractivity (Wildman–Crippen MR) is 69.2 cm³/mol. The van der Waals surface area contributed by atoms with Crippen LogP contribution in [0.25, 0.3) is 0 Å². The van der Waals surface area contributed by atoms with Gasteiger partial charge in [-0.25, -0.2) is 4.98 Å². The smallest absolute Gasteiger partial charge is 0.147 e. The van der Waals surface area contributed by atoms with Gasteiger partial charge in [0.05, 0.1) is 10.0 Å². The van der Waals surface area contributed by atoms with Crippen molar-refractivity contribution in [2.75, 3.05) is 11.1 Å². The van der Waals surface area contributed by atoms with E-state index in [-0.39, 0.29) is 5.54 Å². The van der Waals surface area contributed by atoms with E-state index in [1.165, 1.54) is 6.42 Å². The van der Waals surface area contributed by atoms with Crippen LogP contribution >= 0.6 is 23.2 Å². The molecule has 0 radical (unpaired) electrons. The summed E-state index contributed by atoms with van der Waals surface area (Å²) >= 11 is 11.9. The van der Waals surface area contributed by atoms with E-state index in [2.05, 4.69) is 17.2 Å². The Hall–Kier alpha value is -0.670. The summed E-state index contributed by atoms with van der Waals surface area (Å²) in [4.78, 5) is 4.19. The van der Waals surface area contributed by atoms with Gasteiger partial charge in [0.15, 0.2) is 0 Å². The molecule has 1 aromatic rings. The Morgan fingerprint density at radius 2 is 2.12 bits per heavy atom. The third kappa shape index (κ3) is 2.06. The summed E-state index contributed by atoms with van der Waals surface area (Å²) < 4.78 is 0. The van der Waals surface area contributed by atoms with E-state index in [9.17, 15) is 0 Å². The van der Waals surface area contributed by atoms with Gasteiger partial charge in [0.1, 0.15) is 11.6 Å². The number of nitrogens with two attached hydrogens (primary N) is 1. The molecule has 2 rings (SSSR count). The van der Waals surface area contributed by atoms with Crippen molar-refractivity contribution in [3.63, 3.8) is 0 Å². The molecule has 1 aliphatic rings. The van der Waals surface area contributed by atoms with Crippen LogP contribution in [0.5, 0.6) is 0 Å². The largest absolute Gasteiger partial charge is 0.382 e. The Morgan fingerprint density at radius 1 is 1.44 bits per heavy atom. The molecule has 0 unspecified atom stereocenters. The molecule has 0 bridgehead atoms. The fourth-order valence-electron chi connectivity index (χ4n) is 1.99. The average Bonchev–Trinajstić information content (AvgIpc) is 2.19. The Morgan fingerprint density at radius 3 is 2.62 bits per heavy atom. The summed E-state index contributed by atoms with van der Waals surface area (Å²) in [5, 5.41) is 4.32. The van der Waals surface area contributed by atoms with Gasteiger partial charge in [-0.1, -0.05) is 30.1 Å². The van der Waals surface area contributed by atoms with Crippen LogP contribution < -0.4 is 11.1 Å². The highest BCUT2D eigenvalue weighted by molar-refractivity contribution is 6.37. The van der Waals surface area contributed by atoms with Crippen molar-refractivity contribution in [1.29, 1.82) is 0 Å². The quantitative estimate of drug-likeness (QED) is 0.870. The second kappa shape index (κ2) is 4.30. The number of rotatable bonds is 3. The molecule has 88 valence electrons. The summed E-state index contributed by atoms with van der Waals surface area (Å²) in [6, 6.07) is 1.63. The van der Waals surface area contributed by atoms with Crippen LogP contribution in [0.2, 0.25) is 10.0 Å². The van der Waals surface area contributed by atoms with E-state index >= 15 is 0 Å². The molecule has 0 atom stereocenters. The van der Waals surface area contributed by atoms with Crippen molar-refractivity contribution in [3.05, 3.63) is 16.1 Å². The van der Waals surface area contributed by atoms with E-state index < -0.39 is 0 Å². The molecular weight excluding hydrogens is 245 g/mol.